The molecule has 0 aliphatic heterocycles. The maximum atomic E-state index is 9.27. The van der Waals surface area contributed by atoms with E-state index in [1.807, 2.05) is 27.8 Å². The Labute approximate surface area is 106 Å². The van der Waals surface area contributed by atoms with Crippen LogP contribution in [0.25, 0.3) is 11.0 Å². The second-order valence-electron chi connectivity index (χ2n) is 4.46. The van der Waals surface area contributed by atoms with Crippen molar-refractivity contribution in [3.63, 3.8) is 0 Å². The summed E-state index contributed by atoms with van der Waals surface area (Å²) >= 11 is 0. The van der Waals surface area contributed by atoms with E-state index in [1.54, 1.807) is 4.68 Å². The second-order valence-corrected chi connectivity index (χ2v) is 4.46. The highest BCUT2D eigenvalue weighted by Gasteiger charge is 2.15. The highest BCUT2D eigenvalue weighted by Crippen LogP contribution is 2.23. The van der Waals surface area contributed by atoms with E-state index < -0.39 is 0 Å². The summed E-state index contributed by atoms with van der Waals surface area (Å²) in [6.07, 6.45) is 0.831. The van der Waals surface area contributed by atoms with Crippen LogP contribution in [-0.2, 0) is 7.05 Å². The summed E-state index contributed by atoms with van der Waals surface area (Å²) in [4.78, 5) is 8.84. The van der Waals surface area contributed by atoms with Crippen molar-refractivity contribution >= 4 is 16.9 Å². The van der Waals surface area contributed by atoms with Crippen LogP contribution in [0.4, 0.5) is 5.82 Å². The number of rotatable bonds is 4. The summed E-state index contributed by atoms with van der Waals surface area (Å²) in [5.74, 6) is 1.44. The van der Waals surface area contributed by atoms with Gasteiger partial charge in [-0.2, -0.15) is 5.10 Å². The Morgan fingerprint density at radius 3 is 2.67 bits per heavy atom. The highest BCUT2D eigenvalue weighted by atomic mass is 16.3. The number of aryl methyl sites for hydroxylation is 3. The average Bonchev–Trinajstić information content (AvgIpc) is 2.61. The SMILES string of the molecule is CCC(CO)Nc1nc(C)nc2c(C)nn(C)c12. The van der Waals surface area contributed by atoms with E-state index in [0.29, 0.717) is 5.82 Å². The number of nitrogens with one attached hydrogen (secondary N) is 1. The maximum Gasteiger partial charge on any atom is 0.156 e. The molecule has 0 bridgehead atoms. The lowest BCUT2D eigenvalue weighted by Gasteiger charge is -2.15. The second kappa shape index (κ2) is 4.89. The van der Waals surface area contributed by atoms with Gasteiger partial charge in [0.1, 0.15) is 16.9 Å². The molecule has 0 spiro atoms. The lowest BCUT2D eigenvalue weighted by atomic mass is 10.2. The topological polar surface area (TPSA) is 75.9 Å². The van der Waals surface area contributed by atoms with Gasteiger partial charge in [0, 0.05) is 7.05 Å². The maximum absolute atomic E-state index is 9.27. The average molecular weight is 249 g/mol. The lowest BCUT2D eigenvalue weighted by Crippen LogP contribution is -2.24. The molecule has 0 fully saturated rings. The summed E-state index contributed by atoms with van der Waals surface area (Å²) in [5, 5.41) is 16.9. The summed E-state index contributed by atoms with van der Waals surface area (Å²) in [5.41, 5.74) is 2.63. The summed E-state index contributed by atoms with van der Waals surface area (Å²) < 4.78 is 1.77. The molecule has 2 N–H and O–H groups in total. The van der Waals surface area contributed by atoms with Crippen LogP contribution in [0.3, 0.4) is 0 Å². The predicted octanol–water partition coefficient (Wildman–Crippen LogP) is 1.16. The van der Waals surface area contributed by atoms with Crippen molar-refractivity contribution in [1.82, 2.24) is 19.7 Å². The van der Waals surface area contributed by atoms with Crippen LogP contribution in [0.5, 0.6) is 0 Å². The first-order chi connectivity index (χ1) is 8.56. The first-order valence-electron chi connectivity index (χ1n) is 6.12. The number of hydrogen-bond donors (Lipinski definition) is 2. The van der Waals surface area contributed by atoms with E-state index in [1.165, 1.54) is 0 Å². The van der Waals surface area contributed by atoms with E-state index in [4.69, 9.17) is 0 Å². The summed E-state index contributed by atoms with van der Waals surface area (Å²) in [6, 6.07) is -0.00212. The van der Waals surface area contributed by atoms with Crippen molar-refractivity contribution in [1.29, 1.82) is 0 Å². The first-order valence-corrected chi connectivity index (χ1v) is 6.12. The number of aliphatic hydroxyl groups excluding tert-OH is 1. The standard InChI is InChI=1S/C12H19N5O/c1-5-9(6-18)15-12-11-10(13-8(3)14-12)7(2)16-17(11)4/h9,18H,5-6H2,1-4H3,(H,13,14,15). The molecule has 2 rings (SSSR count). The van der Waals surface area contributed by atoms with Gasteiger partial charge in [0.25, 0.3) is 0 Å². The van der Waals surface area contributed by atoms with Crippen LogP contribution in [0.15, 0.2) is 0 Å². The molecule has 0 aliphatic carbocycles. The van der Waals surface area contributed by atoms with E-state index in [9.17, 15) is 5.11 Å². The molecule has 0 radical (unpaired) electrons. The Bertz CT molecular complexity index is 559. The molecule has 6 heteroatoms. The zero-order valence-corrected chi connectivity index (χ0v) is 11.2. The Morgan fingerprint density at radius 2 is 2.06 bits per heavy atom. The van der Waals surface area contributed by atoms with Crippen LogP contribution in [-0.4, -0.2) is 37.5 Å². The van der Waals surface area contributed by atoms with Gasteiger partial charge in [-0.1, -0.05) is 6.92 Å². The molecule has 0 aromatic carbocycles. The fourth-order valence-corrected chi connectivity index (χ4v) is 2.02. The number of aromatic nitrogens is 4. The van der Waals surface area contributed by atoms with Crippen molar-refractivity contribution in [2.24, 2.45) is 7.05 Å². The summed E-state index contributed by atoms with van der Waals surface area (Å²) in [6.45, 7) is 5.89. The number of anilines is 1. The molecule has 2 heterocycles. The normalized spacial score (nSPS) is 12.9. The van der Waals surface area contributed by atoms with E-state index >= 15 is 0 Å². The Morgan fingerprint density at radius 1 is 1.33 bits per heavy atom. The van der Waals surface area contributed by atoms with Crippen LogP contribution >= 0.6 is 0 Å². The fraction of sp³-hybridized carbons (Fsp3) is 0.583. The number of fused-ring (bicyclic) bond motifs is 1. The monoisotopic (exact) mass is 249 g/mol. The predicted molar refractivity (Wildman–Crippen MR) is 70.6 cm³/mol. The van der Waals surface area contributed by atoms with Crippen LogP contribution in [0, 0.1) is 13.8 Å². The Hall–Kier alpha value is -1.69. The van der Waals surface area contributed by atoms with E-state index in [2.05, 4.69) is 20.4 Å². The fourth-order valence-electron chi connectivity index (χ4n) is 2.02. The zero-order chi connectivity index (χ0) is 13.3. The number of aliphatic hydroxyl groups is 1. The van der Waals surface area contributed by atoms with E-state index in [-0.39, 0.29) is 12.6 Å². The van der Waals surface area contributed by atoms with Crippen molar-refractivity contribution in [2.45, 2.75) is 33.2 Å². The molecule has 2 aromatic heterocycles. The third-order valence-electron chi connectivity index (χ3n) is 3.02. The van der Waals surface area contributed by atoms with Gasteiger partial charge in [-0.3, -0.25) is 4.68 Å². The molecule has 2 aromatic rings. The summed E-state index contributed by atoms with van der Waals surface area (Å²) in [7, 11) is 1.87. The highest BCUT2D eigenvalue weighted by molar-refractivity contribution is 5.87. The van der Waals surface area contributed by atoms with Crippen LogP contribution in [0.1, 0.15) is 24.9 Å². The van der Waals surface area contributed by atoms with Crippen molar-refractivity contribution in [2.75, 3.05) is 11.9 Å². The molecule has 18 heavy (non-hydrogen) atoms. The molecule has 1 atom stereocenters. The van der Waals surface area contributed by atoms with Gasteiger partial charge in [0.05, 0.1) is 18.3 Å². The third-order valence-corrected chi connectivity index (χ3v) is 3.02. The molecule has 0 aliphatic rings. The molecule has 0 saturated heterocycles. The van der Waals surface area contributed by atoms with Gasteiger partial charge >= 0.3 is 0 Å². The van der Waals surface area contributed by atoms with Crippen LogP contribution in [0.2, 0.25) is 0 Å². The first kappa shape index (κ1) is 12.8. The van der Waals surface area contributed by atoms with Gasteiger partial charge in [0.2, 0.25) is 0 Å². The molecule has 0 amide bonds. The molecular formula is C12H19N5O. The third kappa shape index (κ3) is 2.15. The van der Waals surface area contributed by atoms with Crippen molar-refractivity contribution in [3.8, 4) is 0 Å². The van der Waals surface area contributed by atoms with Crippen LogP contribution < -0.4 is 5.32 Å². The minimum Gasteiger partial charge on any atom is -0.394 e. The number of nitrogens with zero attached hydrogens (tertiary/aromatic N) is 4. The van der Waals surface area contributed by atoms with Gasteiger partial charge in [-0.15, -0.1) is 0 Å². The minimum absolute atomic E-state index is 0.00212. The molecule has 6 nitrogen and oxygen atoms in total. The van der Waals surface area contributed by atoms with Crippen molar-refractivity contribution in [3.05, 3.63) is 11.5 Å². The van der Waals surface area contributed by atoms with Crippen molar-refractivity contribution < 1.29 is 5.11 Å². The number of hydrogen-bond acceptors (Lipinski definition) is 5. The molecular weight excluding hydrogens is 230 g/mol. The van der Waals surface area contributed by atoms with E-state index in [0.717, 1.165) is 29.0 Å². The zero-order valence-electron chi connectivity index (χ0n) is 11.2. The molecule has 0 saturated carbocycles. The smallest absolute Gasteiger partial charge is 0.156 e. The quantitative estimate of drug-likeness (QED) is 0.850. The molecule has 98 valence electrons. The van der Waals surface area contributed by atoms with Gasteiger partial charge < -0.3 is 10.4 Å². The van der Waals surface area contributed by atoms with Gasteiger partial charge in [-0.25, -0.2) is 9.97 Å². The largest absolute Gasteiger partial charge is 0.394 e. The minimum atomic E-state index is -0.00212. The molecule has 1 unspecified atom stereocenters. The lowest BCUT2D eigenvalue weighted by molar-refractivity contribution is 0.271. The Kier molecular flexibility index (Phi) is 3.47. The van der Waals surface area contributed by atoms with Gasteiger partial charge in [-0.05, 0) is 20.3 Å². The Balaban J connectivity index is 2.55. The van der Waals surface area contributed by atoms with Gasteiger partial charge in [0.15, 0.2) is 5.82 Å².